The summed E-state index contributed by atoms with van der Waals surface area (Å²) in [7, 11) is -13.8. The van der Waals surface area contributed by atoms with E-state index in [2.05, 4.69) is 11.3 Å². The van der Waals surface area contributed by atoms with Crippen molar-refractivity contribution in [3.05, 3.63) is 417 Å². The van der Waals surface area contributed by atoms with E-state index in [9.17, 15) is 46.6 Å². The lowest BCUT2D eigenvalue weighted by atomic mass is 9.95. The maximum Gasteiger partial charge on any atom is 0.269 e. The fourth-order valence-electron chi connectivity index (χ4n) is 12.9. The van der Waals surface area contributed by atoms with Crippen molar-refractivity contribution in [1.29, 1.82) is 0 Å². The molecule has 0 atom stereocenters. The molecule has 15 aromatic carbocycles. The summed E-state index contributed by atoms with van der Waals surface area (Å²) < 4.78 is 498. The number of aromatic nitrogens is 4. The van der Waals surface area contributed by atoms with Crippen molar-refractivity contribution < 1.29 is 79.2 Å². The van der Waals surface area contributed by atoms with Crippen LogP contribution in [0.5, 0.6) is 11.5 Å². The van der Waals surface area contributed by atoms with Crippen LogP contribution in [0, 0.1) is 13.2 Å². The molecule has 0 saturated carbocycles. The number of imidazole rings is 1. The maximum atomic E-state index is 11.4. The minimum absolute atomic E-state index is 0.00834. The van der Waals surface area contributed by atoms with Gasteiger partial charge in [-0.15, -0.1) is 0 Å². The first-order chi connectivity index (χ1) is 72.6. The zero-order valence-electron chi connectivity index (χ0n) is 104. The van der Waals surface area contributed by atoms with Gasteiger partial charge in [0.15, 0.2) is 16.1 Å². The van der Waals surface area contributed by atoms with Gasteiger partial charge >= 0.3 is 0 Å². The lowest BCUT2D eigenvalue weighted by molar-refractivity contribution is -0.571. The Kier molecular flexibility index (Phi) is 7.60. The first-order valence-corrected chi connectivity index (χ1v) is 35.4. The standard InChI is InChI=1S/C97H70N4OSi2/c1-70-62-96(98-68-91(70)72-34-12-3-13-35-72)101-92-57-27-26-54-89(92)90-60-59-78(67-94(90)101)102-77-39-30-38-76(66-77)99-69-100(93-61-58-73(65-95(93)99)71-32-10-2-11-33-71)97-87(74-36-28-52-85(63-74)103(79-40-14-4-15-41-79,80-42-16-5-17-43-80)81-44-18-6-19-45-81)55-31-56-88(97)75-37-29-53-86(64-75)104(82-46-20-7-21-47-82,83-48-22-8-23-49-83)84-50-24-9-25-51-84/h2-68H,1H3/i1D3,2D,3D,4D,5D,6D,7D,8D,9D,10D,11D,12D,13D,14D,15D,16D,17D,18D,19D,20D,21D,22D,23D,24D,25D,28D,29D,32D,33D,34D,35D,36D,37D,40D,41D,42D,43D,44D,45D,46D,47D,48D,49D,50D,51D,52D,53D,63D,64D. The van der Waals surface area contributed by atoms with E-state index in [-0.39, 0.29) is 50.7 Å². The molecule has 0 fully saturated rings. The number of hydrogen-bond acceptors (Lipinski definition) is 2. The van der Waals surface area contributed by atoms with Gasteiger partial charge in [0.25, 0.3) is 6.33 Å². The van der Waals surface area contributed by atoms with Crippen LogP contribution in [0.4, 0.5) is 0 Å². The summed E-state index contributed by atoms with van der Waals surface area (Å²) in [6, 6.07) is -35.8. The Morgan fingerprint density at radius 1 is 0.365 bits per heavy atom. The van der Waals surface area contributed by atoms with Gasteiger partial charge in [0.1, 0.15) is 17.3 Å². The molecule has 3 heterocycles. The van der Waals surface area contributed by atoms with E-state index >= 15 is 0 Å². The van der Waals surface area contributed by atoms with Gasteiger partial charge in [-0.3, -0.25) is 13.7 Å². The second kappa shape index (κ2) is 27.1. The summed E-state index contributed by atoms with van der Waals surface area (Å²) in [6.45, 7) is -3.05. The van der Waals surface area contributed by atoms with E-state index in [0.29, 0.717) is 16.3 Å². The van der Waals surface area contributed by atoms with Gasteiger partial charge in [0.2, 0.25) is 0 Å². The van der Waals surface area contributed by atoms with Crippen molar-refractivity contribution >= 4 is 90.5 Å². The smallest absolute Gasteiger partial charge is 0.269 e. The predicted octanol–water partition coefficient (Wildman–Crippen LogP) is 17.7. The highest BCUT2D eigenvalue weighted by Crippen LogP contribution is 2.39. The van der Waals surface area contributed by atoms with Crippen molar-refractivity contribution in [3.8, 4) is 73.2 Å². The Morgan fingerprint density at radius 2 is 0.827 bits per heavy atom. The van der Waals surface area contributed by atoms with Gasteiger partial charge in [-0.25, -0.2) is 4.98 Å². The van der Waals surface area contributed by atoms with Crippen LogP contribution in [-0.4, -0.2) is 30.3 Å². The summed E-state index contributed by atoms with van der Waals surface area (Å²) in [6.07, 6.45) is 4.25. The van der Waals surface area contributed by atoms with Crippen LogP contribution in [0.15, 0.2) is 405 Å². The third kappa shape index (κ3) is 11.1. The number of nitrogens with zero attached hydrogens (tertiary/aromatic N) is 4. The zero-order valence-corrected chi connectivity index (χ0v) is 55.2. The van der Waals surface area contributed by atoms with Gasteiger partial charge in [0, 0.05) is 32.7 Å². The molecule has 104 heavy (non-hydrogen) atoms. The number of ether oxygens (including phenoxy) is 1. The third-order valence-electron chi connectivity index (χ3n) is 17.3. The lowest BCUT2D eigenvalue weighted by Crippen LogP contribution is -2.74. The quantitative estimate of drug-likeness (QED) is 0.0394. The fraction of sp³-hybridized carbons (Fsp3) is 0.0103. The molecule has 18 aromatic rings. The summed E-state index contributed by atoms with van der Waals surface area (Å²) in [5, 5.41) is -9.66. The van der Waals surface area contributed by atoms with Crippen LogP contribution in [0.3, 0.4) is 0 Å². The lowest BCUT2D eigenvalue weighted by Gasteiger charge is -2.35. The number of aryl methyl sites for hydroxylation is 1. The largest absolute Gasteiger partial charge is 0.458 e. The minimum Gasteiger partial charge on any atom is -0.458 e. The minimum atomic E-state index is -6.90. The molecular formula is C97H70N4OSi2. The van der Waals surface area contributed by atoms with E-state index in [0.717, 1.165) is 29.0 Å². The average molecular weight is 1420 g/mol. The van der Waals surface area contributed by atoms with E-state index in [4.69, 9.17) is 28.0 Å². The highest BCUT2D eigenvalue weighted by molar-refractivity contribution is 7.20. The van der Waals surface area contributed by atoms with Crippen LogP contribution in [0.2, 0.25) is 0 Å². The van der Waals surface area contributed by atoms with Crippen LogP contribution < -0.4 is 50.8 Å². The Balaban J connectivity index is 1.03. The molecule has 0 amide bonds. The highest BCUT2D eigenvalue weighted by atomic mass is 28.3. The summed E-state index contributed by atoms with van der Waals surface area (Å²) in [4.78, 5) is 4.68. The number of fused-ring (bicyclic) bond motifs is 4. The van der Waals surface area contributed by atoms with Crippen molar-refractivity contribution in [2.75, 3.05) is 0 Å². The van der Waals surface area contributed by atoms with Gasteiger partial charge in [-0.1, -0.05) is 345 Å². The normalized spacial score (nSPS) is 18.7. The van der Waals surface area contributed by atoms with Gasteiger partial charge in [-0.05, 0) is 141 Å². The molecule has 0 unspecified atom stereocenters. The number of para-hydroxylation sites is 2. The number of benzene rings is 15. The molecule has 0 aliphatic heterocycles. The predicted molar refractivity (Wildman–Crippen MR) is 436 cm³/mol. The summed E-state index contributed by atoms with van der Waals surface area (Å²) >= 11 is 0. The second-order valence-corrected chi connectivity index (χ2v) is 29.9. The Morgan fingerprint density at radius 3 is 1.36 bits per heavy atom. The fourth-order valence-corrected chi connectivity index (χ4v) is 20.0. The first-order valence-electron chi connectivity index (χ1n) is 56.9. The van der Waals surface area contributed by atoms with E-state index in [1.807, 2.05) is 0 Å². The van der Waals surface area contributed by atoms with E-state index < -0.39 is 399 Å². The first kappa shape index (κ1) is 29.1. The summed E-state index contributed by atoms with van der Waals surface area (Å²) in [5.74, 6) is -0.198. The zero-order chi connectivity index (χ0) is 114. The van der Waals surface area contributed by atoms with E-state index in [1.54, 1.807) is 34.9 Å². The molecule has 5 nitrogen and oxygen atoms in total. The maximum absolute atomic E-state index is 11.4. The number of pyridine rings is 1. The topological polar surface area (TPSA) is 35.9 Å². The number of rotatable bonds is 17. The van der Waals surface area contributed by atoms with Crippen molar-refractivity contribution in [2.24, 2.45) is 0 Å². The summed E-state index contributed by atoms with van der Waals surface area (Å²) in [5.41, 5.74) is -7.06. The molecule has 0 aliphatic carbocycles. The highest BCUT2D eigenvalue weighted by Gasteiger charge is 2.43. The van der Waals surface area contributed by atoms with Crippen molar-refractivity contribution in [3.63, 3.8) is 0 Å². The monoisotopic (exact) mass is 1410 g/mol. The third-order valence-corrected chi connectivity index (χ3v) is 25.3. The molecule has 3 aromatic heterocycles. The van der Waals surface area contributed by atoms with Crippen LogP contribution in [0.25, 0.3) is 94.5 Å². The Bertz CT molecular complexity index is 8500. The van der Waals surface area contributed by atoms with Gasteiger partial charge in [-0.2, -0.15) is 0 Å². The molecule has 492 valence electrons. The average Bonchev–Trinajstić information content (AvgIpc) is 1.09. The Hall–Kier alpha value is -13.0. The molecule has 0 radical (unpaired) electrons. The van der Waals surface area contributed by atoms with Crippen molar-refractivity contribution in [1.82, 2.24) is 14.1 Å². The van der Waals surface area contributed by atoms with Gasteiger partial charge in [0.05, 0.1) is 99.2 Å². The van der Waals surface area contributed by atoms with Crippen LogP contribution in [-0.2, 0) is 0 Å². The molecular weight excluding hydrogens is 1290 g/mol. The molecule has 0 N–H and O–H groups in total. The molecule has 0 saturated heterocycles. The molecule has 0 spiro atoms. The second-order valence-electron chi connectivity index (χ2n) is 22.9. The Labute approximate surface area is 680 Å². The molecule has 0 aliphatic rings. The molecule has 0 bridgehead atoms. The number of hydrogen-bond donors (Lipinski definition) is 0. The van der Waals surface area contributed by atoms with Crippen LogP contribution in [0.1, 0.15) is 75.5 Å². The van der Waals surface area contributed by atoms with Gasteiger partial charge < -0.3 is 4.74 Å². The molecule has 7 heteroatoms. The van der Waals surface area contributed by atoms with Crippen molar-refractivity contribution in [2.45, 2.75) is 6.85 Å². The molecule has 18 rings (SSSR count). The van der Waals surface area contributed by atoms with Crippen LogP contribution >= 0.6 is 0 Å². The van der Waals surface area contributed by atoms with E-state index in [1.165, 1.54) is 65.2 Å². The SMILES string of the molecule is [2H]c1c([2H])c([2H])c(-c2ccc3c(c2)n(-c2cccc(Oc4ccc5c6ccccc6n(-c6cc(C([2H])([2H])[2H])c(-c7c([2H])c([2H])c([2H])c([2H])c7[2H])cn6)c5c4)c2)[c-][n+]3-c2c(-c3c([2H])c([2H])c([2H])c([Si](c4c([2H])c([2H])c([2H])c([2H])c4[2H])(c4c([2H])c([2H])c([2H])c([2H])c4[2H])c4c([2H])c([2H])c([2H])c([2H])c4[2H])c3[2H])cccc2-c2c([2H])c([2H])c([2H])c([Si](c3c([2H])c([2H])c([2H])c([2H])c3[2H])(c3c([2H])c([2H])c([2H])c([2H])c3[2H])c3c([2H])c([2H])c([2H])c([2H])c3[2H])c2[2H])c([2H])c1[2H].